The van der Waals surface area contributed by atoms with Crippen LogP contribution in [0.3, 0.4) is 0 Å². The first-order chi connectivity index (χ1) is 10.5. The van der Waals surface area contributed by atoms with Crippen LogP contribution in [0.4, 0.5) is 0 Å². The number of methoxy groups -OCH3 is 1. The van der Waals surface area contributed by atoms with Gasteiger partial charge in [0.1, 0.15) is 5.75 Å². The average Bonchev–Trinajstić information content (AvgIpc) is 2.49. The third kappa shape index (κ3) is 4.22. The van der Waals surface area contributed by atoms with Crippen LogP contribution in [0.15, 0.2) is 18.2 Å². The number of aryl methyl sites for hydroxylation is 1. The Balaban J connectivity index is 2.05. The van der Waals surface area contributed by atoms with Crippen molar-refractivity contribution in [3.8, 4) is 5.75 Å². The van der Waals surface area contributed by atoms with Crippen LogP contribution in [-0.2, 0) is 6.54 Å². The van der Waals surface area contributed by atoms with Crippen molar-refractivity contribution < 1.29 is 9.84 Å². The van der Waals surface area contributed by atoms with Crippen LogP contribution in [0, 0.1) is 6.92 Å². The van der Waals surface area contributed by atoms with E-state index in [1.54, 1.807) is 7.11 Å². The Bertz CT molecular complexity index is 476. The molecule has 1 aliphatic rings. The Morgan fingerprint density at radius 3 is 2.68 bits per heavy atom. The second-order valence-electron chi connectivity index (χ2n) is 6.53. The standard InChI is InChI=1S/C18H30N2O2/c1-14(2)19-8-9-20(17(13-19)7-10-21)12-16-5-6-18(22-4)15(3)11-16/h5-6,11,14,17,21H,7-10,12-13H2,1-4H3/t17-/m0/s1. The Hall–Kier alpha value is -1.10. The summed E-state index contributed by atoms with van der Waals surface area (Å²) in [5.74, 6) is 0.945. The lowest BCUT2D eigenvalue weighted by Gasteiger charge is -2.43. The zero-order valence-corrected chi connectivity index (χ0v) is 14.4. The van der Waals surface area contributed by atoms with E-state index in [0.29, 0.717) is 12.1 Å². The molecule has 0 amide bonds. The van der Waals surface area contributed by atoms with Crippen LogP contribution in [0.5, 0.6) is 5.75 Å². The van der Waals surface area contributed by atoms with Gasteiger partial charge in [0.05, 0.1) is 7.11 Å². The summed E-state index contributed by atoms with van der Waals surface area (Å²) in [6.07, 6.45) is 0.846. The van der Waals surface area contributed by atoms with E-state index in [2.05, 4.69) is 48.8 Å². The summed E-state index contributed by atoms with van der Waals surface area (Å²) in [6.45, 7) is 11.0. The molecule has 1 aromatic rings. The molecular weight excluding hydrogens is 276 g/mol. The molecule has 1 fully saturated rings. The highest BCUT2D eigenvalue weighted by Gasteiger charge is 2.27. The average molecular weight is 306 g/mol. The molecule has 0 aromatic heterocycles. The number of ether oxygens (including phenoxy) is 1. The highest BCUT2D eigenvalue weighted by Crippen LogP contribution is 2.22. The number of rotatable bonds is 6. The molecular formula is C18H30N2O2. The number of hydrogen-bond acceptors (Lipinski definition) is 4. The predicted octanol–water partition coefficient (Wildman–Crippen LogP) is 2.28. The van der Waals surface area contributed by atoms with Crippen LogP contribution in [0.25, 0.3) is 0 Å². The largest absolute Gasteiger partial charge is 0.496 e. The number of hydrogen-bond donors (Lipinski definition) is 1. The summed E-state index contributed by atoms with van der Waals surface area (Å²) in [6, 6.07) is 7.42. The molecule has 0 aliphatic carbocycles. The van der Waals surface area contributed by atoms with Crippen LogP contribution in [-0.4, -0.2) is 60.3 Å². The van der Waals surface area contributed by atoms with E-state index in [9.17, 15) is 5.11 Å². The van der Waals surface area contributed by atoms with E-state index in [4.69, 9.17) is 4.74 Å². The fourth-order valence-electron chi connectivity index (χ4n) is 3.29. The van der Waals surface area contributed by atoms with Gasteiger partial charge in [-0.1, -0.05) is 12.1 Å². The molecule has 4 nitrogen and oxygen atoms in total. The van der Waals surface area contributed by atoms with Gasteiger partial charge < -0.3 is 9.84 Å². The highest BCUT2D eigenvalue weighted by atomic mass is 16.5. The molecule has 0 bridgehead atoms. The molecule has 1 aliphatic heterocycles. The summed E-state index contributed by atoms with van der Waals surface area (Å²) in [7, 11) is 1.71. The SMILES string of the molecule is COc1ccc(CN2CCN(C(C)C)C[C@@H]2CCO)cc1C. The van der Waals surface area contributed by atoms with E-state index in [1.807, 2.05) is 0 Å². The van der Waals surface area contributed by atoms with Gasteiger partial charge in [-0.15, -0.1) is 0 Å². The number of aliphatic hydroxyl groups excluding tert-OH is 1. The van der Waals surface area contributed by atoms with E-state index in [-0.39, 0.29) is 6.61 Å². The van der Waals surface area contributed by atoms with Gasteiger partial charge in [-0.2, -0.15) is 0 Å². The van der Waals surface area contributed by atoms with E-state index in [1.165, 1.54) is 11.1 Å². The lowest BCUT2D eigenvalue weighted by molar-refractivity contribution is 0.0389. The van der Waals surface area contributed by atoms with Gasteiger partial charge >= 0.3 is 0 Å². The van der Waals surface area contributed by atoms with E-state index in [0.717, 1.165) is 38.3 Å². The summed E-state index contributed by atoms with van der Waals surface area (Å²) in [5.41, 5.74) is 2.50. The molecule has 124 valence electrons. The maximum absolute atomic E-state index is 9.38. The number of nitrogens with zero attached hydrogens (tertiary/aromatic N) is 2. The maximum atomic E-state index is 9.38. The van der Waals surface area contributed by atoms with Crippen molar-refractivity contribution in [1.29, 1.82) is 0 Å². The molecule has 2 rings (SSSR count). The zero-order chi connectivity index (χ0) is 16.1. The van der Waals surface area contributed by atoms with Gasteiger partial charge in [0.15, 0.2) is 0 Å². The van der Waals surface area contributed by atoms with Gasteiger partial charge in [0, 0.05) is 44.9 Å². The molecule has 22 heavy (non-hydrogen) atoms. The first-order valence-corrected chi connectivity index (χ1v) is 8.27. The Morgan fingerprint density at radius 1 is 1.32 bits per heavy atom. The molecule has 4 heteroatoms. The number of piperazine rings is 1. The molecule has 0 saturated carbocycles. The third-order valence-electron chi connectivity index (χ3n) is 4.67. The van der Waals surface area contributed by atoms with Crippen LogP contribution >= 0.6 is 0 Å². The Labute approximate surface area is 134 Å². The minimum Gasteiger partial charge on any atom is -0.496 e. The summed E-state index contributed by atoms with van der Waals surface area (Å²) in [4.78, 5) is 5.02. The first-order valence-electron chi connectivity index (χ1n) is 8.27. The van der Waals surface area contributed by atoms with Gasteiger partial charge in [0.2, 0.25) is 0 Å². The monoisotopic (exact) mass is 306 g/mol. The quantitative estimate of drug-likeness (QED) is 0.875. The van der Waals surface area contributed by atoms with Gasteiger partial charge in [-0.05, 0) is 44.4 Å². The van der Waals surface area contributed by atoms with Crippen molar-refractivity contribution in [3.63, 3.8) is 0 Å². The minimum absolute atomic E-state index is 0.259. The number of benzene rings is 1. The molecule has 0 spiro atoms. The topological polar surface area (TPSA) is 35.9 Å². The zero-order valence-electron chi connectivity index (χ0n) is 14.4. The van der Waals surface area contributed by atoms with Crippen molar-refractivity contribution in [1.82, 2.24) is 9.80 Å². The fraction of sp³-hybridized carbons (Fsp3) is 0.667. The smallest absolute Gasteiger partial charge is 0.121 e. The van der Waals surface area contributed by atoms with Crippen LogP contribution in [0.2, 0.25) is 0 Å². The predicted molar refractivity (Wildman–Crippen MR) is 90.3 cm³/mol. The van der Waals surface area contributed by atoms with E-state index >= 15 is 0 Å². The first kappa shape index (κ1) is 17.3. The molecule has 1 atom stereocenters. The maximum Gasteiger partial charge on any atom is 0.121 e. The van der Waals surface area contributed by atoms with E-state index < -0.39 is 0 Å². The lowest BCUT2D eigenvalue weighted by Crippen LogP contribution is -2.54. The van der Waals surface area contributed by atoms with Gasteiger partial charge in [-0.25, -0.2) is 0 Å². The normalized spacial score (nSPS) is 20.5. The van der Waals surface area contributed by atoms with Crippen molar-refractivity contribution in [2.24, 2.45) is 0 Å². The molecule has 1 saturated heterocycles. The van der Waals surface area contributed by atoms with Gasteiger partial charge in [-0.3, -0.25) is 9.80 Å². The third-order valence-corrected chi connectivity index (χ3v) is 4.67. The van der Waals surface area contributed by atoms with Crippen molar-refractivity contribution in [3.05, 3.63) is 29.3 Å². The highest BCUT2D eigenvalue weighted by molar-refractivity contribution is 5.36. The van der Waals surface area contributed by atoms with Gasteiger partial charge in [0.25, 0.3) is 0 Å². The summed E-state index contributed by atoms with van der Waals surface area (Å²) < 4.78 is 5.34. The summed E-state index contributed by atoms with van der Waals surface area (Å²) >= 11 is 0. The molecule has 1 N–H and O–H groups in total. The molecule has 0 radical (unpaired) electrons. The number of aliphatic hydroxyl groups is 1. The Morgan fingerprint density at radius 2 is 2.09 bits per heavy atom. The second-order valence-corrected chi connectivity index (χ2v) is 6.53. The van der Waals surface area contributed by atoms with Crippen LogP contribution < -0.4 is 4.74 Å². The molecule has 1 heterocycles. The van der Waals surface area contributed by atoms with Crippen molar-refractivity contribution in [2.75, 3.05) is 33.4 Å². The Kier molecular flexibility index (Phi) is 6.24. The van der Waals surface area contributed by atoms with Crippen LogP contribution in [0.1, 0.15) is 31.4 Å². The minimum atomic E-state index is 0.259. The molecule has 0 unspecified atom stereocenters. The molecule has 1 aromatic carbocycles. The fourth-order valence-corrected chi connectivity index (χ4v) is 3.29. The second kappa shape index (κ2) is 7.95. The summed E-state index contributed by atoms with van der Waals surface area (Å²) in [5, 5.41) is 9.38. The van der Waals surface area contributed by atoms with Crippen molar-refractivity contribution in [2.45, 2.75) is 45.8 Å². The lowest BCUT2D eigenvalue weighted by atomic mass is 10.0. The van der Waals surface area contributed by atoms with Crippen molar-refractivity contribution >= 4 is 0 Å².